The fourth-order valence-corrected chi connectivity index (χ4v) is 0. The lowest BCUT2D eigenvalue weighted by Crippen LogP contribution is -2.14. The molecule has 0 aliphatic rings. The van der Waals surface area contributed by atoms with E-state index < -0.39 is 0 Å². The number of hydrogen-bond acceptors (Lipinski definition) is 2. The molecule has 0 saturated carbocycles. The molecule has 0 aromatic carbocycles. The van der Waals surface area contributed by atoms with Gasteiger partial charge in [-0.2, -0.15) is 4.45 Å². The van der Waals surface area contributed by atoms with Crippen LogP contribution in [0.25, 0.3) is 0 Å². The summed E-state index contributed by atoms with van der Waals surface area (Å²) in [6, 6.07) is 0. The maximum absolute atomic E-state index is 2.89. The van der Waals surface area contributed by atoms with E-state index in [-0.39, 0.29) is 0 Å². The molecule has 3 heteroatoms. The number of rotatable bonds is 1. The number of halogens is 1. The monoisotopic (exact) mass is 124 g/mol. The SMILES string of the molecule is CNNBr. The van der Waals surface area contributed by atoms with E-state index in [1.807, 2.05) is 0 Å². The highest BCUT2D eigenvalue weighted by Gasteiger charge is 1.47. The van der Waals surface area contributed by atoms with E-state index in [0.717, 1.165) is 0 Å². The molecule has 4 heavy (non-hydrogen) atoms. The van der Waals surface area contributed by atoms with Crippen molar-refractivity contribution in [2.45, 2.75) is 0 Å². The Morgan fingerprint density at radius 2 is 2.00 bits per heavy atom. The first-order valence-electron chi connectivity index (χ1n) is 0.939. The minimum atomic E-state index is 1.77. The molecule has 0 amide bonds. The van der Waals surface area contributed by atoms with Gasteiger partial charge in [0.25, 0.3) is 0 Å². The average molecular weight is 125 g/mol. The molecule has 0 unspecified atom stereocenters. The Hall–Kier alpha value is 0.400. The molecule has 0 fully saturated rings. The summed E-state index contributed by atoms with van der Waals surface area (Å²) in [5.74, 6) is 0. The van der Waals surface area contributed by atoms with Crippen molar-refractivity contribution in [3.05, 3.63) is 0 Å². The van der Waals surface area contributed by atoms with Crippen molar-refractivity contribution in [1.82, 2.24) is 9.88 Å². The fourth-order valence-electron chi connectivity index (χ4n) is 0. The minimum absolute atomic E-state index is 1.77. The van der Waals surface area contributed by atoms with Crippen LogP contribution >= 0.6 is 16.1 Å². The van der Waals surface area contributed by atoms with Crippen molar-refractivity contribution < 1.29 is 0 Å². The molecule has 0 bridgehead atoms. The van der Waals surface area contributed by atoms with Crippen molar-refractivity contribution in [2.75, 3.05) is 7.05 Å². The van der Waals surface area contributed by atoms with Crippen molar-refractivity contribution >= 4 is 16.1 Å². The van der Waals surface area contributed by atoms with E-state index in [9.17, 15) is 0 Å². The van der Waals surface area contributed by atoms with Gasteiger partial charge in [0.1, 0.15) is 0 Å². The lowest BCUT2D eigenvalue weighted by molar-refractivity contribution is 0.832. The zero-order valence-electron chi connectivity index (χ0n) is 2.38. The van der Waals surface area contributed by atoms with Gasteiger partial charge in [0.05, 0.1) is 0 Å². The van der Waals surface area contributed by atoms with Crippen molar-refractivity contribution in [1.29, 1.82) is 0 Å². The van der Waals surface area contributed by atoms with Gasteiger partial charge < -0.3 is 0 Å². The Morgan fingerprint density at radius 1 is 1.75 bits per heavy atom. The second-order valence-corrected chi connectivity index (χ2v) is 0.741. The molecule has 0 saturated heterocycles. The van der Waals surface area contributed by atoms with Gasteiger partial charge in [-0.1, -0.05) is 0 Å². The molecule has 26 valence electrons. The number of hydrogen-bond donors (Lipinski definition) is 2. The Morgan fingerprint density at radius 3 is 2.00 bits per heavy atom. The lowest BCUT2D eigenvalue weighted by atomic mass is 11.5. The van der Waals surface area contributed by atoms with E-state index in [1.165, 1.54) is 0 Å². The first kappa shape index (κ1) is 4.40. The molecule has 0 heterocycles. The zero-order chi connectivity index (χ0) is 3.41. The summed E-state index contributed by atoms with van der Waals surface area (Å²) in [6.45, 7) is 0. The lowest BCUT2D eigenvalue weighted by Gasteiger charge is -1.78. The van der Waals surface area contributed by atoms with Gasteiger partial charge in [0.15, 0.2) is 0 Å². The Bertz CT molecular complexity index is 8.00. The van der Waals surface area contributed by atoms with Gasteiger partial charge in [0.2, 0.25) is 0 Å². The standard InChI is InChI=1S/CH5BrN2/c1-3-4-2/h3-4H,1H3. The molecule has 0 rings (SSSR count). The van der Waals surface area contributed by atoms with E-state index >= 15 is 0 Å². The zero-order valence-corrected chi connectivity index (χ0v) is 3.96. The van der Waals surface area contributed by atoms with Crippen LogP contribution < -0.4 is 9.88 Å². The first-order valence-corrected chi connectivity index (χ1v) is 1.73. The maximum atomic E-state index is 2.89. The van der Waals surface area contributed by atoms with Crippen LogP contribution in [0.15, 0.2) is 0 Å². The van der Waals surface area contributed by atoms with Crippen LogP contribution in [0.2, 0.25) is 0 Å². The van der Waals surface area contributed by atoms with Gasteiger partial charge in [-0.15, -0.1) is 0 Å². The third-order valence-electron chi connectivity index (χ3n) is 0.0945. The average Bonchev–Trinajstić information content (AvgIpc) is 1.37. The van der Waals surface area contributed by atoms with Crippen LogP contribution in [0, 0.1) is 0 Å². The van der Waals surface area contributed by atoms with Crippen LogP contribution in [0.4, 0.5) is 0 Å². The molecule has 2 nitrogen and oxygen atoms in total. The van der Waals surface area contributed by atoms with Gasteiger partial charge in [-0.25, -0.2) is 0 Å². The summed E-state index contributed by atoms with van der Waals surface area (Å²) in [7, 11) is 1.77. The molecule has 0 aliphatic carbocycles. The highest BCUT2D eigenvalue weighted by Crippen LogP contribution is 1.48. The van der Waals surface area contributed by atoms with Crippen molar-refractivity contribution in [3.63, 3.8) is 0 Å². The quantitative estimate of drug-likeness (QED) is 0.381. The highest BCUT2D eigenvalue weighted by molar-refractivity contribution is 9.08. The molecule has 0 spiro atoms. The molecular formula is CH5BrN2. The van der Waals surface area contributed by atoms with E-state index in [2.05, 4.69) is 26.0 Å². The second kappa shape index (κ2) is 3.40. The van der Waals surface area contributed by atoms with Crippen LogP contribution in [-0.4, -0.2) is 7.05 Å². The molecule has 0 aliphatic heterocycles. The third kappa shape index (κ3) is 2.40. The van der Waals surface area contributed by atoms with E-state index in [1.54, 1.807) is 7.05 Å². The van der Waals surface area contributed by atoms with Crippen molar-refractivity contribution in [3.8, 4) is 0 Å². The number of nitrogens with one attached hydrogen (secondary N) is 2. The van der Waals surface area contributed by atoms with Crippen molar-refractivity contribution in [2.24, 2.45) is 0 Å². The topological polar surface area (TPSA) is 24.1 Å². The third-order valence-corrected chi connectivity index (χ3v) is 0.491. The van der Waals surface area contributed by atoms with Gasteiger partial charge >= 0.3 is 0 Å². The molecular weight excluding hydrogens is 120 g/mol. The molecule has 0 aromatic heterocycles. The predicted molar refractivity (Wildman–Crippen MR) is 21.1 cm³/mol. The first-order chi connectivity index (χ1) is 1.91. The summed E-state index contributed by atoms with van der Waals surface area (Å²) < 4.78 is 2.49. The van der Waals surface area contributed by atoms with E-state index in [0.29, 0.717) is 0 Å². The van der Waals surface area contributed by atoms with Gasteiger partial charge in [-0.3, -0.25) is 5.43 Å². The largest absolute Gasteiger partial charge is 0.251 e. The second-order valence-electron chi connectivity index (χ2n) is 0.344. The van der Waals surface area contributed by atoms with Crippen LogP contribution in [0.3, 0.4) is 0 Å². The number of hydrazine groups is 1. The Balaban J connectivity index is 1.97. The summed E-state index contributed by atoms with van der Waals surface area (Å²) in [6.07, 6.45) is 0. The fraction of sp³-hybridized carbons (Fsp3) is 1.00. The van der Waals surface area contributed by atoms with Gasteiger partial charge in [0, 0.05) is 16.1 Å². The van der Waals surface area contributed by atoms with Crippen LogP contribution in [0.1, 0.15) is 0 Å². The summed E-state index contributed by atoms with van der Waals surface area (Å²) in [5, 5.41) is 0. The molecule has 2 N–H and O–H groups in total. The molecule has 0 atom stereocenters. The van der Waals surface area contributed by atoms with Crippen LogP contribution in [0.5, 0.6) is 0 Å². The summed E-state index contributed by atoms with van der Waals surface area (Å²) in [4.78, 5) is 0. The smallest absolute Gasteiger partial charge is 0.0252 e. The Kier molecular flexibility index (Phi) is 3.74. The summed E-state index contributed by atoms with van der Waals surface area (Å²) in [5.41, 5.74) is 2.60. The van der Waals surface area contributed by atoms with E-state index in [4.69, 9.17) is 0 Å². The van der Waals surface area contributed by atoms with Crippen LogP contribution in [-0.2, 0) is 0 Å². The normalized spacial score (nSPS) is 7.50. The predicted octanol–water partition coefficient (Wildman–Crippen LogP) is 0.0203. The minimum Gasteiger partial charge on any atom is -0.251 e. The van der Waals surface area contributed by atoms with Gasteiger partial charge in [-0.05, 0) is 7.05 Å². The maximum Gasteiger partial charge on any atom is 0.0252 e. The molecule has 0 radical (unpaired) electrons. The summed E-state index contributed by atoms with van der Waals surface area (Å²) >= 11 is 2.89. The molecule has 0 aromatic rings. The highest BCUT2D eigenvalue weighted by atomic mass is 79.9. The Labute approximate surface area is 33.9 Å².